The van der Waals surface area contributed by atoms with E-state index in [1.54, 1.807) is 12.3 Å². The van der Waals surface area contributed by atoms with E-state index >= 15 is 0 Å². The number of carbonyl (C=O) groups is 1. The van der Waals surface area contributed by atoms with Crippen molar-refractivity contribution in [1.29, 1.82) is 5.26 Å². The minimum absolute atomic E-state index is 0.0466. The number of aryl methyl sites for hydroxylation is 1. The van der Waals surface area contributed by atoms with E-state index in [0.717, 1.165) is 42.2 Å². The average Bonchev–Trinajstić information content (AvgIpc) is 3.38. The number of nitriles is 1. The predicted molar refractivity (Wildman–Crippen MR) is 107 cm³/mol. The van der Waals surface area contributed by atoms with Gasteiger partial charge >= 0.3 is 0 Å². The molecular weight excluding hydrogens is 354 g/mol. The Hall–Kier alpha value is -2.85. The fourth-order valence-electron chi connectivity index (χ4n) is 3.58. The van der Waals surface area contributed by atoms with E-state index in [9.17, 15) is 10.1 Å². The number of nitrogens with zero attached hydrogens (tertiary/aromatic N) is 4. The van der Waals surface area contributed by atoms with Gasteiger partial charge in [0.1, 0.15) is 17.5 Å². The maximum Gasteiger partial charge on any atom is 0.262 e. The number of carbonyl (C=O) groups excluding carboxylic acids is 1. The predicted octanol–water partition coefficient (Wildman–Crippen LogP) is 3.07. The SMILES string of the molecule is Cc1cc(/C=C(\C#N)C(=O)NC[C@@H]2CCCO2)c(C)n1-c1ccnn1C(C)C. The van der Waals surface area contributed by atoms with E-state index in [0.29, 0.717) is 6.54 Å². The lowest BCUT2D eigenvalue weighted by Gasteiger charge is -2.15. The molecule has 1 saturated heterocycles. The van der Waals surface area contributed by atoms with Crippen molar-refractivity contribution in [3.05, 3.63) is 40.9 Å². The molecule has 1 amide bonds. The highest BCUT2D eigenvalue weighted by Crippen LogP contribution is 2.24. The van der Waals surface area contributed by atoms with E-state index in [4.69, 9.17) is 4.74 Å². The lowest BCUT2D eigenvalue weighted by Crippen LogP contribution is -2.32. The van der Waals surface area contributed by atoms with Crippen LogP contribution in [0.5, 0.6) is 0 Å². The Morgan fingerprint density at radius 2 is 2.29 bits per heavy atom. The smallest absolute Gasteiger partial charge is 0.262 e. The van der Waals surface area contributed by atoms with Crippen LogP contribution in [0.2, 0.25) is 0 Å². The van der Waals surface area contributed by atoms with E-state index in [-0.39, 0.29) is 23.6 Å². The Balaban J connectivity index is 1.85. The molecule has 0 radical (unpaired) electrons. The molecule has 2 aromatic rings. The second-order valence-corrected chi connectivity index (χ2v) is 7.40. The molecule has 3 rings (SSSR count). The van der Waals surface area contributed by atoms with Gasteiger partial charge in [0.25, 0.3) is 5.91 Å². The highest BCUT2D eigenvalue weighted by molar-refractivity contribution is 6.01. The summed E-state index contributed by atoms with van der Waals surface area (Å²) in [5.74, 6) is 0.598. The van der Waals surface area contributed by atoms with Crippen molar-refractivity contribution in [3.8, 4) is 11.9 Å². The molecule has 2 aromatic heterocycles. The van der Waals surface area contributed by atoms with Gasteiger partial charge in [-0.25, -0.2) is 4.68 Å². The fraction of sp³-hybridized carbons (Fsp3) is 0.476. The second kappa shape index (κ2) is 8.44. The zero-order valence-corrected chi connectivity index (χ0v) is 16.9. The summed E-state index contributed by atoms with van der Waals surface area (Å²) in [4.78, 5) is 12.4. The topological polar surface area (TPSA) is 84.9 Å². The van der Waals surface area contributed by atoms with Crippen LogP contribution in [-0.2, 0) is 9.53 Å². The molecule has 0 aromatic carbocycles. The Morgan fingerprint density at radius 1 is 1.50 bits per heavy atom. The average molecular weight is 381 g/mol. The first-order valence-electron chi connectivity index (χ1n) is 9.66. The first kappa shape index (κ1) is 19.9. The second-order valence-electron chi connectivity index (χ2n) is 7.40. The minimum Gasteiger partial charge on any atom is -0.376 e. The third kappa shape index (κ3) is 4.02. The van der Waals surface area contributed by atoms with Crippen molar-refractivity contribution in [3.63, 3.8) is 0 Å². The van der Waals surface area contributed by atoms with Crippen LogP contribution in [0.1, 0.15) is 49.7 Å². The number of nitrogens with one attached hydrogen (secondary N) is 1. The van der Waals surface area contributed by atoms with Gasteiger partial charge in [-0.1, -0.05) is 0 Å². The summed E-state index contributed by atoms with van der Waals surface area (Å²) >= 11 is 0. The van der Waals surface area contributed by atoms with Gasteiger partial charge in [-0.15, -0.1) is 0 Å². The Kier molecular flexibility index (Phi) is 6.00. The van der Waals surface area contributed by atoms with Crippen molar-refractivity contribution in [2.24, 2.45) is 0 Å². The third-order valence-electron chi connectivity index (χ3n) is 5.02. The summed E-state index contributed by atoms with van der Waals surface area (Å²) in [6, 6.07) is 6.20. The molecule has 28 heavy (non-hydrogen) atoms. The van der Waals surface area contributed by atoms with Crippen LogP contribution in [0.15, 0.2) is 23.9 Å². The Morgan fingerprint density at radius 3 is 2.93 bits per heavy atom. The van der Waals surface area contributed by atoms with E-state index < -0.39 is 0 Å². The molecule has 1 fully saturated rings. The molecular formula is C21H27N5O2. The van der Waals surface area contributed by atoms with Gasteiger partial charge in [0, 0.05) is 36.6 Å². The van der Waals surface area contributed by atoms with E-state index in [1.165, 1.54) is 0 Å². The molecule has 0 saturated carbocycles. The molecule has 3 heterocycles. The standard InChI is InChI=1S/C21H27N5O2/c1-14(2)26-20(7-8-24-26)25-15(3)10-17(16(25)4)11-18(12-22)21(27)23-13-19-6-5-9-28-19/h7-8,10-11,14,19H,5-6,9,13H2,1-4H3,(H,23,27)/b18-11+/t19-/m0/s1. The zero-order chi connectivity index (χ0) is 20.3. The van der Waals surface area contributed by atoms with E-state index in [1.807, 2.05) is 36.7 Å². The normalized spacial score (nSPS) is 17.1. The van der Waals surface area contributed by atoms with Gasteiger partial charge in [0.05, 0.1) is 12.3 Å². The monoisotopic (exact) mass is 381 g/mol. The van der Waals surface area contributed by atoms with Crippen molar-refractivity contribution < 1.29 is 9.53 Å². The van der Waals surface area contributed by atoms with Gasteiger partial charge in [-0.2, -0.15) is 10.4 Å². The van der Waals surface area contributed by atoms with Crippen LogP contribution >= 0.6 is 0 Å². The van der Waals surface area contributed by atoms with Crippen molar-refractivity contribution in [2.75, 3.05) is 13.2 Å². The van der Waals surface area contributed by atoms with Gasteiger partial charge in [-0.05, 0) is 58.2 Å². The molecule has 7 nitrogen and oxygen atoms in total. The largest absolute Gasteiger partial charge is 0.376 e. The summed E-state index contributed by atoms with van der Waals surface area (Å²) in [6.45, 7) is 9.32. The summed E-state index contributed by atoms with van der Waals surface area (Å²) in [7, 11) is 0. The Labute approximate surface area is 165 Å². The number of hydrogen-bond acceptors (Lipinski definition) is 4. The molecule has 7 heteroatoms. The summed E-state index contributed by atoms with van der Waals surface area (Å²) < 4.78 is 9.56. The number of hydrogen-bond donors (Lipinski definition) is 1. The molecule has 0 aliphatic carbocycles. The number of ether oxygens (including phenoxy) is 1. The molecule has 0 bridgehead atoms. The lowest BCUT2D eigenvalue weighted by molar-refractivity contribution is -0.117. The molecule has 1 aliphatic rings. The molecule has 1 aliphatic heterocycles. The van der Waals surface area contributed by atoms with Crippen LogP contribution in [0.25, 0.3) is 11.9 Å². The van der Waals surface area contributed by atoms with Crippen molar-refractivity contribution in [1.82, 2.24) is 19.7 Å². The van der Waals surface area contributed by atoms with E-state index in [2.05, 4.69) is 28.8 Å². The molecule has 148 valence electrons. The quantitative estimate of drug-likeness (QED) is 0.615. The van der Waals surface area contributed by atoms with Crippen LogP contribution < -0.4 is 5.32 Å². The van der Waals surface area contributed by atoms with Crippen molar-refractivity contribution in [2.45, 2.75) is 52.7 Å². The number of aromatic nitrogens is 3. The van der Waals surface area contributed by atoms with Crippen LogP contribution in [0.4, 0.5) is 0 Å². The van der Waals surface area contributed by atoms with Crippen LogP contribution in [-0.4, -0.2) is 39.5 Å². The third-order valence-corrected chi connectivity index (χ3v) is 5.02. The zero-order valence-electron chi connectivity index (χ0n) is 16.9. The minimum atomic E-state index is -0.366. The van der Waals surface area contributed by atoms with Crippen LogP contribution in [0.3, 0.4) is 0 Å². The van der Waals surface area contributed by atoms with Crippen LogP contribution in [0, 0.1) is 25.2 Å². The first-order valence-corrected chi connectivity index (χ1v) is 9.66. The first-order chi connectivity index (χ1) is 13.4. The summed E-state index contributed by atoms with van der Waals surface area (Å²) in [5, 5.41) is 16.7. The van der Waals surface area contributed by atoms with Gasteiger partial charge < -0.3 is 14.6 Å². The molecule has 1 N–H and O–H groups in total. The molecule has 0 spiro atoms. The molecule has 0 unspecified atom stereocenters. The lowest BCUT2D eigenvalue weighted by atomic mass is 10.1. The summed E-state index contributed by atoms with van der Waals surface area (Å²) in [6.07, 6.45) is 5.44. The maximum atomic E-state index is 12.4. The molecule has 1 atom stereocenters. The highest BCUT2D eigenvalue weighted by atomic mass is 16.5. The number of amides is 1. The van der Waals surface area contributed by atoms with Gasteiger partial charge in [0.2, 0.25) is 0 Å². The maximum absolute atomic E-state index is 12.4. The Bertz CT molecular complexity index is 923. The van der Waals surface area contributed by atoms with Gasteiger partial charge in [-0.3, -0.25) is 4.79 Å². The highest BCUT2D eigenvalue weighted by Gasteiger charge is 2.19. The number of rotatable bonds is 6. The van der Waals surface area contributed by atoms with Crippen molar-refractivity contribution >= 4 is 12.0 Å². The van der Waals surface area contributed by atoms with Gasteiger partial charge in [0.15, 0.2) is 0 Å². The summed E-state index contributed by atoms with van der Waals surface area (Å²) in [5.41, 5.74) is 2.91. The fourth-order valence-corrected chi connectivity index (χ4v) is 3.58.